The van der Waals surface area contributed by atoms with Gasteiger partial charge in [-0.25, -0.2) is 0 Å². The molecule has 6 heteroatoms. The predicted octanol–water partition coefficient (Wildman–Crippen LogP) is 22.2. The second kappa shape index (κ2) is 58.1. The summed E-state index contributed by atoms with van der Waals surface area (Å²) < 4.78 is 17.0. The van der Waals surface area contributed by atoms with E-state index in [1.54, 1.807) is 0 Å². The Morgan fingerprint density at radius 3 is 0.712 bits per heavy atom. The maximum absolute atomic E-state index is 12.9. The zero-order chi connectivity index (χ0) is 53.3. The van der Waals surface area contributed by atoms with E-state index in [1.807, 2.05) is 0 Å². The summed E-state index contributed by atoms with van der Waals surface area (Å²) in [6, 6.07) is 0. The van der Waals surface area contributed by atoms with Crippen LogP contribution in [0.5, 0.6) is 0 Å². The van der Waals surface area contributed by atoms with Crippen LogP contribution in [0.3, 0.4) is 0 Å². The predicted molar refractivity (Wildman–Crippen MR) is 316 cm³/mol. The van der Waals surface area contributed by atoms with Crippen molar-refractivity contribution < 1.29 is 28.6 Å². The van der Waals surface area contributed by atoms with E-state index in [9.17, 15) is 14.4 Å². The Labute approximate surface area is 457 Å². The normalized spacial score (nSPS) is 12.9. The van der Waals surface area contributed by atoms with Crippen molar-refractivity contribution in [1.29, 1.82) is 0 Å². The summed E-state index contributed by atoms with van der Waals surface area (Å²) in [6.45, 7) is 13.9. The minimum atomic E-state index is -0.765. The Morgan fingerprint density at radius 2 is 0.479 bits per heavy atom. The fourth-order valence-corrected chi connectivity index (χ4v) is 10.3. The van der Waals surface area contributed by atoms with Gasteiger partial charge in [-0.1, -0.05) is 337 Å². The van der Waals surface area contributed by atoms with Gasteiger partial charge < -0.3 is 14.2 Å². The molecule has 0 amide bonds. The smallest absolute Gasteiger partial charge is 0.306 e. The second-order valence-electron chi connectivity index (χ2n) is 24.1. The molecule has 434 valence electrons. The highest BCUT2D eigenvalue weighted by Gasteiger charge is 2.20. The molecule has 0 saturated carbocycles. The molecule has 0 aromatic heterocycles. The first-order chi connectivity index (χ1) is 35.7. The van der Waals surface area contributed by atoms with Gasteiger partial charge in [0.15, 0.2) is 6.10 Å². The molecule has 0 aromatic carbocycles. The molecule has 0 spiro atoms. The first kappa shape index (κ1) is 71.4. The zero-order valence-corrected chi connectivity index (χ0v) is 50.4. The van der Waals surface area contributed by atoms with Crippen LogP contribution in [-0.2, 0) is 28.6 Å². The molecule has 0 aliphatic rings. The van der Waals surface area contributed by atoms with Crippen molar-refractivity contribution >= 4 is 17.9 Å². The van der Waals surface area contributed by atoms with E-state index in [0.29, 0.717) is 19.3 Å². The van der Waals surface area contributed by atoms with Gasteiger partial charge >= 0.3 is 17.9 Å². The van der Waals surface area contributed by atoms with E-state index in [4.69, 9.17) is 14.2 Å². The monoisotopic (exact) mass is 1030 g/mol. The van der Waals surface area contributed by atoms with Crippen molar-refractivity contribution in [1.82, 2.24) is 0 Å². The molecule has 0 bridgehead atoms. The number of unbranched alkanes of at least 4 members (excludes halogenated alkanes) is 41. The Hall–Kier alpha value is -1.59. The minimum Gasteiger partial charge on any atom is -0.462 e. The molecule has 0 aliphatic heterocycles. The van der Waals surface area contributed by atoms with Gasteiger partial charge in [0, 0.05) is 19.3 Å². The summed E-state index contributed by atoms with van der Waals surface area (Å²) in [4.78, 5) is 38.3. The largest absolute Gasteiger partial charge is 0.462 e. The molecule has 0 aliphatic carbocycles. The van der Waals surface area contributed by atoms with E-state index in [0.717, 1.165) is 75.5 Å². The van der Waals surface area contributed by atoms with Crippen molar-refractivity contribution in [2.45, 2.75) is 382 Å². The number of rotatable bonds is 60. The fraction of sp³-hybridized carbons (Fsp3) is 0.955. The molecule has 0 aromatic rings. The third kappa shape index (κ3) is 57.9. The average molecular weight is 1030 g/mol. The first-order valence-electron chi connectivity index (χ1n) is 33.2. The molecule has 2 unspecified atom stereocenters. The van der Waals surface area contributed by atoms with E-state index in [-0.39, 0.29) is 31.1 Å². The number of carbonyl (C=O) groups excluding carboxylic acids is 3. The maximum atomic E-state index is 12.9. The second-order valence-corrected chi connectivity index (χ2v) is 24.1. The Bertz CT molecular complexity index is 1140. The SMILES string of the molecule is CCC(C)CCCCCCCCCCCCCCCCCCCCC(=O)O[C@@H](COC(=O)CCCCCCCCCCCCCCCCCCCCC(C)C)COC(=O)CCCCCCCCCCC(C)CC. The number of carbonyl (C=O) groups is 3. The van der Waals surface area contributed by atoms with Gasteiger partial charge in [0.05, 0.1) is 0 Å². The molecule has 3 atom stereocenters. The lowest BCUT2D eigenvalue weighted by Gasteiger charge is -2.18. The topological polar surface area (TPSA) is 78.9 Å². The molecule has 0 heterocycles. The molecule has 0 N–H and O–H groups in total. The van der Waals surface area contributed by atoms with Gasteiger partial charge in [-0.2, -0.15) is 0 Å². The van der Waals surface area contributed by atoms with Gasteiger partial charge in [-0.15, -0.1) is 0 Å². The van der Waals surface area contributed by atoms with Crippen molar-refractivity contribution in [2.75, 3.05) is 13.2 Å². The van der Waals surface area contributed by atoms with Crippen molar-refractivity contribution in [2.24, 2.45) is 17.8 Å². The van der Waals surface area contributed by atoms with Gasteiger partial charge in [-0.3, -0.25) is 14.4 Å². The molecule has 73 heavy (non-hydrogen) atoms. The van der Waals surface area contributed by atoms with Crippen molar-refractivity contribution in [3.8, 4) is 0 Å². The molecule has 0 radical (unpaired) electrons. The van der Waals surface area contributed by atoms with Crippen LogP contribution >= 0.6 is 0 Å². The molecular weight excluding hydrogens is 901 g/mol. The average Bonchev–Trinajstić information content (AvgIpc) is 3.38. The Balaban J connectivity index is 4.23. The molecular formula is C67H130O6. The summed E-state index contributed by atoms with van der Waals surface area (Å²) in [5.41, 5.74) is 0. The number of hydrogen-bond acceptors (Lipinski definition) is 6. The van der Waals surface area contributed by atoms with Crippen LogP contribution in [0, 0.1) is 17.8 Å². The highest BCUT2D eigenvalue weighted by atomic mass is 16.6. The standard InChI is InChI=1S/C67H130O6/c1-7-62(5)54-48-42-36-30-26-22-18-14-10-12-16-20-24-28-32-40-46-52-58-67(70)73-64(60-72-66(69)57-51-45-39-34-33-37-43-49-55-63(6)8-2)59-71-65(68)56-50-44-38-31-27-23-19-15-11-9-13-17-21-25-29-35-41-47-53-61(3)4/h61-64H,7-60H2,1-6H3/t62?,63?,64-/m0/s1. The van der Waals surface area contributed by atoms with Crippen LogP contribution in [-0.4, -0.2) is 37.2 Å². The lowest BCUT2D eigenvalue weighted by atomic mass is 9.99. The minimum absolute atomic E-state index is 0.0628. The zero-order valence-electron chi connectivity index (χ0n) is 50.4. The number of hydrogen-bond donors (Lipinski definition) is 0. The van der Waals surface area contributed by atoms with Crippen LogP contribution in [0.15, 0.2) is 0 Å². The van der Waals surface area contributed by atoms with Gasteiger partial charge in [0.1, 0.15) is 13.2 Å². The number of ether oxygens (including phenoxy) is 3. The van der Waals surface area contributed by atoms with E-state index in [1.165, 1.54) is 257 Å². The van der Waals surface area contributed by atoms with E-state index < -0.39 is 6.10 Å². The van der Waals surface area contributed by atoms with Crippen LogP contribution in [0.4, 0.5) is 0 Å². The summed E-state index contributed by atoms with van der Waals surface area (Å²) in [5, 5.41) is 0. The Kier molecular flexibility index (Phi) is 56.8. The van der Waals surface area contributed by atoms with Gasteiger partial charge in [-0.05, 0) is 37.0 Å². The van der Waals surface area contributed by atoms with Gasteiger partial charge in [0.2, 0.25) is 0 Å². The summed E-state index contributed by atoms with van der Waals surface area (Å²) >= 11 is 0. The van der Waals surface area contributed by atoms with Crippen LogP contribution in [0.1, 0.15) is 375 Å². The van der Waals surface area contributed by atoms with Crippen molar-refractivity contribution in [3.05, 3.63) is 0 Å². The highest BCUT2D eigenvalue weighted by Crippen LogP contribution is 2.20. The van der Waals surface area contributed by atoms with Crippen LogP contribution in [0.2, 0.25) is 0 Å². The molecule has 6 nitrogen and oxygen atoms in total. The number of esters is 3. The summed E-state index contributed by atoms with van der Waals surface area (Å²) in [5.74, 6) is 1.78. The van der Waals surface area contributed by atoms with Crippen molar-refractivity contribution in [3.63, 3.8) is 0 Å². The third-order valence-corrected chi connectivity index (χ3v) is 16.1. The summed E-state index contributed by atoms with van der Waals surface area (Å²) in [7, 11) is 0. The molecule has 0 rings (SSSR count). The highest BCUT2D eigenvalue weighted by molar-refractivity contribution is 5.71. The molecule has 0 fully saturated rings. The fourth-order valence-electron chi connectivity index (χ4n) is 10.3. The first-order valence-corrected chi connectivity index (χ1v) is 33.2. The summed E-state index contributed by atoms with van der Waals surface area (Å²) in [6.07, 6.45) is 63.9. The quantitative estimate of drug-likeness (QED) is 0.0343. The van der Waals surface area contributed by atoms with E-state index in [2.05, 4.69) is 41.5 Å². The Morgan fingerprint density at radius 1 is 0.274 bits per heavy atom. The third-order valence-electron chi connectivity index (χ3n) is 16.1. The van der Waals surface area contributed by atoms with Gasteiger partial charge in [0.25, 0.3) is 0 Å². The lowest BCUT2D eigenvalue weighted by Crippen LogP contribution is -2.30. The van der Waals surface area contributed by atoms with Crippen LogP contribution in [0.25, 0.3) is 0 Å². The maximum Gasteiger partial charge on any atom is 0.306 e. The van der Waals surface area contributed by atoms with E-state index >= 15 is 0 Å². The van der Waals surface area contributed by atoms with Crippen LogP contribution < -0.4 is 0 Å². The lowest BCUT2D eigenvalue weighted by molar-refractivity contribution is -0.167. The molecule has 0 saturated heterocycles.